The van der Waals surface area contributed by atoms with Crippen LogP contribution in [0.3, 0.4) is 0 Å². The van der Waals surface area contributed by atoms with Crippen LogP contribution in [0.1, 0.15) is 5.56 Å². The number of amides is 1. The van der Waals surface area contributed by atoms with E-state index in [-0.39, 0.29) is 10.6 Å². The number of carbonyl (C=O) groups excluding carboxylic acids is 1. The van der Waals surface area contributed by atoms with Gasteiger partial charge in [0, 0.05) is 11.8 Å². The molecule has 14 heteroatoms. The number of nitro benzene ring substituents is 1. The molecule has 30 heavy (non-hydrogen) atoms. The highest BCUT2D eigenvalue weighted by molar-refractivity contribution is 8.00. The molecular weight excluding hydrogens is 462 g/mol. The molecule has 0 spiro atoms. The van der Waals surface area contributed by atoms with Crippen molar-refractivity contribution in [1.82, 2.24) is 0 Å². The zero-order valence-corrected chi connectivity index (χ0v) is 16.0. The Kier molecular flexibility index (Phi) is 7.13. The third kappa shape index (κ3) is 6.19. The Labute approximate surface area is 171 Å². The van der Waals surface area contributed by atoms with Gasteiger partial charge in [0.2, 0.25) is 5.91 Å². The van der Waals surface area contributed by atoms with E-state index < -0.39 is 55.2 Å². The Morgan fingerprint density at radius 2 is 1.77 bits per heavy atom. The van der Waals surface area contributed by atoms with Crippen LogP contribution in [0.15, 0.2) is 52.3 Å². The highest BCUT2D eigenvalue weighted by Gasteiger charge is 2.39. The topological polar surface area (TPSA) is 89.3 Å². The Hall–Kier alpha value is -2.61. The molecule has 1 atom stereocenters. The monoisotopic (exact) mass is 472 g/mol. The fourth-order valence-corrected chi connectivity index (χ4v) is 3.61. The van der Waals surface area contributed by atoms with E-state index in [1.165, 1.54) is 6.07 Å². The standard InChI is InChI=1S/C16H10F6N2O4S2/c17-15(18,19)9-2-1-3-10(6-9)23-14(25)8-29-13-5-4-11(7-12(13)24(26)27)30(28)16(20,21)22/h1-7H,8H2,(H,23,25). The molecule has 6 nitrogen and oxygen atoms in total. The van der Waals surface area contributed by atoms with Gasteiger partial charge >= 0.3 is 11.7 Å². The normalized spacial score (nSPS) is 13.0. The fourth-order valence-electron chi connectivity index (χ4n) is 2.12. The molecule has 0 aromatic heterocycles. The molecule has 1 unspecified atom stereocenters. The summed E-state index contributed by atoms with van der Waals surface area (Å²) >= 11 is 0.584. The summed E-state index contributed by atoms with van der Waals surface area (Å²) in [5, 5.41) is 13.3. The number of alkyl halides is 6. The third-order valence-electron chi connectivity index (χ3n) is 3.38. The molecule has 0 aliphatic rings. The van der Waals surface area contributed by atoms with E-state index in [2.05, 4.69) is 5.32 Å². The van der Waals surface area contributed by atoms with Gasteiger partial charge in [-0.25, -0.2) is 4.21 Å². The molecule has 162 valence electrons. The predicted octanol–water partition coefficient (Wildman–Crippen LogP) is 4.97. The number of halogens is 6. The number of carbonyl (C=O) groups is 1. The molecule has 2 aromatic carbocycles. The van der Waals surface area contributed by atoms with E-state index in [0.717, 1.165) is 24.3 Å². The molecule has 0 saturated heterocycles. The van der Waals surface area contributed by atoms with Crippen molar-refractivity contribution in [1.29, 1.82) is 0 Å². The molecule has 0 aliphatic carbocycles. The second-order valence-corrected chi connectivity index (χ2v) is 8.01. The fraction of sp³-hybridized carbons (Fsp3) is 0.188. The zero-order valence-electron chi connectivity index (χ0n) is 14.4. The van der Waals surface area contributed by atoms with Gasteiger partial charge in [-0.1, -0.05) is 6.07 Å². The summed E-state index contributed by atoms with van der Waals surface area (Å²) in [7, 11) is -3.47. The van der Waals surface area contributed by atoms with Crippen molar-refractivity contribution >= 4 is 39.8 Å². The van der Waals surface area contributed by atoms with Crippen LogP contribution in [0.4, 0.5) is 37.7 Å². The van der Waals surface area contributed by atoms with Crippen molar-refractivity contribution in [2.75, 3.05) is 11.1 Å². The van der Waals surface area contributed by atoms with E-state index >= 15 is 0 Å². The van der Waals surface area contributed by atoms with Gasteiger partial charge in [-0.05, 0) is 30.3 Å². The van der Waals surface area contributed by atoms with Crippen molar-refractivity contribution < 1.29 is 40.3 Å². The van der Waals surface area contributed by atoms with Crippen molar-refractivity contribution in [3.05, 3.63) is 58.1 Å². The Balaban J connectivity index is 2.12. The number of anilines is 1. The van der Waals surface area contributed by atoms with E-state index in [9.17, 15) is 45.5 Å². The maximum atomic E-state index is 12.7. The number of rotatable bonds is 6. The second kappa shape index (κ2) is 9.04. The zero-order chi connectivity index (χ0) is 22.7. The van der Waals surface area contributed by atoms with Crippen LogP contribution in [0.5, 0.6) is 0 Å². The second-order valence-electron chi connectivity index (χ2n) is 5.52. The number of thioether (sulfide) groups is 1. The number of hydrogen-bond donors (Lipinski definition) is 1. The van der Waals surface area contributed by atoms with Gasteiger partial charge < -0.3 is 5.32 Å². The maximum absolute atomic E-state index is 12.7. The molecule has 1 N–H and O–H groups in total. The van der Waals surface area contributed by atoms with Gasteiger partial charge in [-0.15, -0.1) is 11.8 Å². The van der Waals surface area contributed by atoms with Crippen LogP contribution in [0.2, 0.25) is 0 Å². The summed E-state index contributed by atoms with van der Waals surface area (Å²) in [5.74, 6) is -1.27. The Bertz CT molecular complexity index is 994. The summed E-state index contributed by atoms with van der Waals surface area (Å²) in [4.78, 5) is 21.1. The van der Waals surface area contributed by atoms with Gasteiger partial charge in [0.05, 0.1) is 26.0 Å². The van der Waals surface area contributed by atoms with Crippen molar-refractivity contribution in [2.24, 2.45) is 0 Å². The Morgan fingerprint density at radius 1 is 1.10 bits per heavy atom. The average molecular weight is 472 g/mol. The summed E-state index contributed by atoms with van der Waals surface area (Å²) in [6.45, 7) is 0. The molecule has 2 rings (SSSR count). The molecule has 0 aliphatic heterocycles. The highest BCUT2D eigenvalue weighted by Crippen LogP contribution is 2.34. The minimum Gasteiger partial charge on any atom is -0.325 e. The quantitative estimate of drug-likeness (QED) is 0.278. The largest absolute Gasteiger partial charge is 0.475 e. The van der Waals surface area contributed by atoms with Crippen molar-refractivity contribution in [2.45, 2.75) is 21.5 Å². The molecule has 1 amide bonds. The van der Waals surface area contributed by atoms with Crippen LogP contribution in [0, 0.1) is 10.1 Å². The van der Waals surface area contributed by atoms with Crippen molar-refractivity contribution in [3.63, 3.8) is 0 Å². The van der Waals surface area contributed by atoms with Crippen LogP contribution in [-0.4, -0.2) is 26.3 Å². The number of nitrogens with one attached hydrogen (secondary N) is 1. The first-order chi connectivity index (χ1) is 13.8. The number of nitrogens with zero attached hydrogens (tertiary/aromatic N) is 1. The number of nitro groups is 1. The van der Waals surface area contributed by atoms with Gasteiger partial charge in [-0.2, -0.15) is 26.3 Å². The van der Waals surface area contributed by atoms with Gasteiger partial charge in [0.15, 0.2) is 10.8 Å². The van der Waals surface area contributed by atoms with E-state index in [0.29, 0.717) is 23.9 Å². The Morgan fingerprint density at radius 3 is 2.33 bits per heavy atom. The first kappa shape index (κ1) is 23.7. The third-order valence-corrected chi connectivity index (χ3v) is 5.55. The summed E-state index contributed by atoms with van der Waals surface area (Å²) in [6.07, 6.45) is -4.62. The van der Waals surface area contributed by atoms with Crippen molar-refractivity contribution in [3.8, 4) is 0 Å². The first-order valence-electron chi connectivity index (χ1n) is 7.66. The summed E-state index contributed by atoms with van der Waals surface area (Å²) in [5.41, 5.74) is -7.03. The lowest BCUT2D eigenvalue weighted by molar-refractivity contribution is -0.387. The molecule has 0 saturated carbocycles. The molecule has 0 heterocycles. The molecule has 0 bridgehead atoms. The molecule has 0 radical (unpaired) electrons. The van der Waals surface area contributed by atoms with E-state index in [1.807, 2.05) is 0 Å². The van der Waals surface area contributed by atoms with Crippen LogP contribution < -0.4 is 5.32 Å². The minimum atomic E-state index is -5.10. The van der Waals surface area contributed by atoms with Crippen LogP contribution >= 0.6 is 11.8 Å². The van der Waals surface area contributed by atoms with E-state index in [4.69, 9.17) is 0 Å². The molecule has 2 aromatic rings. The average Bonchev–Trinajstić information content (AvgIpc) is 2.64. The predicted molar refractivity (Wildman–Crippen MR) is 96.4 cm³/mol. The summed E-state index contributed by atoms with van der Waals surface area (Å²) in [6, 6.07) is 5.99. The number of benzene rings is 2. The first-order valence-corrected chi connectivity index (χ1v) is 9.79. The smallest absolute Gasteiger partial charge is 0.325 e. The molecule has 0 fully saturated rings. The highest BCUT2D eigenvalue weighted by atomic mass is 32.2. The SMILES string of the molecule is O=C(CSc1ccc(S(=O)C(F)(F)F)cc1[N+](=O)[O-])Nc1cccc(C(F)(F)F)c1. The lowest BCUT2D eigenvalue weighted by Crippen LogP contribution is -2.16. The maximum Gasteiger partial charge on any atom is 0.475 e. The van der Waals surface area contributed by atoms with Gasteiger partial charge in [0.25, 0.3) is 5.69 Å². The lowest BCUT2D eigenvalue weighted by Gasteiger charge is -2.10. The van der Waals surface area contributed by atoms with Crippen LogP contribution in [0.25, 0.3) is 0 Å². The number of hydrogen-bond acceptors (Lipinski definition) is 5. The minimum absolute atomic E-state index is 0.152. The lowest BCUT2D eigenvalue weighted by atomic mass is 10.2. The molecular formula is C16H10F6N2O4S2. The van der Waals surface area contributed by atoms with Gasteiger partial charge in [-0.3, -0.25) is 14.9 Å². The summed E-state index contributed by atoms with van der Waals surface area (Å²) < 4.78 is 87.0. The van der Waals surface area contributed by atoms with E-state index in [1.54, 1.807) is 0 Å². The van der Waals surface area contributed by atoms with Crippen LogP contribution in [-0.2, 0) is 21.8 Å². The van der Waals surface area contributed by atoms with Gasteiger partial charge in [0.1, 0.15) is 0 Å².